The van der Waals surface area contributed by atoms with Gasteiger partial charge in [0.2, 0.25) is 11.8 Å². The first-order chi connectivity index (χ1) is 15.9. The van der Waals surface area contributed by atoms with Crippen molar-refractivity contribution >= 4 is 23.2 Å². The fraction of sp³-hybridized carbons (Fsp3) is 0.520. The third-order valence-electron chi connectivity index (χ3n) is 6.20. The summed E-state index contributed by atoms with van der Waals surface area (Å²) in [6.45, 7) is 5.65. The number of thiophene rings is 1. The number of amides is 2. The highest BCUT2D eigenvalue weighted by Gasteiger charge is 2.34. The predicted octanol–water partition coefficient (Wildman–Crippen LogP) is 4.06. The van der Waals surface area contributed by atoms with Crippen LogP contribution in [0.15, 0.2) is 35.7 Å². The summed E-state index contributed by atoms with van der Waals surface area (Å²) in [5, 5.41) is 2.03. The molecule has 1 aromatic heterocycles. The number of hydrogen-bond donors (Lipinski definition) is 0. The van der Waals surface area contributed by atoms with Crippen molar-refractivity contribution in [2.75, 3.05) is 32.8 Å². The van der Waals surface area contributed by atoms with E-state index in [1.807, 2.05) is 30.2 Å². The van der Waals surface area contributed by atoms with E-state index in [2.05, 4.69) is 0 Å². The Bertz CT molecular complexity index is 973. The van der Waals surface area contributed by atoms with E-state index in [0.29, 0.717) is 25.4 Å². The highest BCUT2D eigenvalue weighted by Crippen LogP contribution is 2.34. The van der Waals surface area contributed by atoms with Crippen LogP contribution in [0.3, 0.4) is 0 Å². The monoisotopic (exact) mass is 474 g/mol. The standard InChI is InChI=1S/C25H31FN2O4S/c1-17(2)25(30)27(14-20-7-4-11-31-20)15-24(29)28-10-8-23-21(9-12-33-23)22(28)16-32-19-6-3-5-18(26)13-19/h3,5-6,9,12-13,17,20,22H,4,7-8,10-11,14-16H2,1-2H3/t20-,22-/m1/s1. The Morgan fingerprint density at radius 2 is 2.18 bits per heavy atom. The van der Waals surface area contributed by atoms with Gasteiger partial charge in [-0.1, -0.05) is 19.9 Å². The third kappa shape index (κ3) is 5.73. The van der Waals surface area contributed by atoms with Gasteiger partial charge in [-0.2, -0.15) is 0 Å². The molecule has 1 fully saturated rings. The van der Waals surface area contributed by atoms with E-state index < -0.39 is 0 Å². The molecule has 2 amide bonds. The average Bonchev–Trinajstić information content (AvgIpc) is 3.48. The van der Waals surface area contributed by atoms with E-state index in [1.165, 1.54) is 17.0 Å². The number of ether oxygens (including phenoxy) is 2. The van der Waals surface area contributed by atoms with Crippen LogP contribution in [0.1, 0.15) is 43.2 Å². The summed E-state index contributed by atoms with van der Waals surface area (Å²) in [6, 6.07) is 7.77. The van der Waals surface area contributed by atoms with Gasteiger partial charge in [0.25, 0.3) is 0 Å². The molecule has 2 aliphatic rings. The number of halogens is 1. The first-order valence-corrected chi connectivity index (χ1v) is 12.4. The Hall–Kier alpha value is -2.45. The van der Waals surface area contributed by atoms with Gasteiger partial charge in [-0.15, -0.1) is 11.3 Å². The molecule has 2 atom stereocenters. The molecule has 1 saturated heterocycles. The lowest BCUT2D eigenvalue weighted by atomic mass is 10.00. The molecule has 6 nitrogen and oxygen atoms in total. The van der Waals surface area contributed by atoms with Crippen LogP contribution in [-0.4, -0.2) is 60.6 Å². The lowest BCUT2D eigenvalue weighted by molar-refractivity contribution is -0.145. The summed E-state index contributed by atoms with van der Waals surface area (Å²) < 4.78 is 25.2. The Morgan fingerprint density at radius 3 is 2.91 bits per heavy atom. The number of benzene rings is 1. The maximum absolute atomic E-state index is 13.6. The maximum Gasteiger partial charge on any atom is 0.242 e. The summed E-state index contributed by atoms with van der Waals surface area (Å²) in [5.74, 6) is -0.278. The smallest absolute Gasteiger partial charge is 0.242 e. The molecule has 0 unspecified atom stereocenters. The topological polar surface area (TPSA) is 59.1 Å². The van der Waals surface area contributed by atoms with Gasteiger partial charge in [0.1, 0.15) is 18.2 Å². The van der Waals surface area contributed by atoms with E-state index in [0.717, 1.165) is 24.8 Å². The summed E-state index contributed by atoms with van der Waals surface area (Å²) in [5.41, 5.74) is 1.07. The van der Waals surface area contributed by atoms with E-state index in [4.69, 9.17) is 9.47 Å². The molecule has 0 saturated carbocycles. The van der Waals surface area contributed by atoms with Crippen LogP contribution >= 0.6 is 11.3 Å². The lowest BCUT2D eigenvalue weighted by Gasteiger charge is -2.37. The van der Waals surface area contributed by atoms with Crippen LogP contribution in [0.4, 0.5) is 4.39 Å². The zero-order chi connectivity index (χ0) is 23.4. The van der Waals surface area contributed by atoms with Gasteiger partial charge in [-0.3, -0.25) is 9.59 Å². The minimum atomic E-state index is -0.364. The Kier molecular flexibility index (Phi) is 7.65. The summed E-state index contributed by atoms with van der Waals surface area (Å²) in [6.07, 6.45) is 2.65. The summed E-state index contributed by atoms with van der Waals surface area (Å²) >= 11 is 1.68. The van der Waals surface area contributed by atoms with Crippen molar-refractivity contribution in [3.05, 3.63) is 52.0 Å². The molecule has 2 aromatic rings. The normalized spacial score (nSPS) is 20.1. The quantitative estimate of drug-likeness (QED) is 0.579. The molecule has 0 aliphatic carbocycles. The van der Waals surface area contributed by atoms with Gasteiger partial charge in [-0.25, -0.2) is 4.39 Å². The molecule has 8 heteroatoms. The summed E-state index contributed by atoms with van der Waals surface area (Å²) in [7, 11) is 0. The molecular weight excluding hydrogens is 443 g/mol. The average molecular weight is 475 g/mol. The van der Waals surface area contributed by atoms with Gasteiger partial charge in [-0.05, 0) is 48.4 Å². The molecule has 0 N–H and O–H groups in total. The number of rotatable bonds is 8. The zero-order valence-electron chi connectivity index (χ0n) is 19.2. The number of carbonyl (C=O) groups is 2. The van der Waals surface area contributed by atoms with E-state index in [1.54, 1.807) is 28.4 Å². The van der Waals surface area contributed by atoms with Gasteiger partial charge < -0.3 is 19.3 Å². The van der Waals surface area contributed by atoms with E-state index in [-0.39, 0.29) is 48.8 Å². The Balaban J connectivity index is 1.50. The predicted molar refractivity (Wildman–Crippen MR) is 125 cm³/mol. The molecule has 0 spiro atoms. The SMILES string of the molecule is CC(C)C(=O)N(CC(=O)N1CCc2sccc2[C@H]1COc1cccc(F)c1)C[C@H]1CCCO1. The molecule has 3 heterocycles. The first-order valence-electron chi connectivity index (χ1n) is 11.6. The molecular formula is C25H31FN2O4S. The molecule has 4 rings (SSSR count). The van der Waals surface area contributed by atoms with Gasteiger partial charge >= 0.3 is 0 Å². The van der Waals surface area contributed by atoms with Crippen molar-refractivity contribution in [1.29, 1.82) is 0 Å². The van der Waals surface area contributed by atoms with E-state index in [9.17, 15) is 14.0 Å². The Morgan fingerprint density at radius 1 is 1.33 bits per heavy atom. The molecule has 2 aliphatic heterocycles. The first kappa shape index (κ1) is 23.7. The number of carbonyl (C=O) groups excluding carboxylic acids is 2. The molecule has 33 heavy (non-hydrogen) atoms. The van der Waals surface area contributed by atoms with E-state index >= 15 is 0 Å². The molecule has 0 radical (unpaired) electrons. The fourth-order valence-electron chi connectivity index (χ4n) is 4.49. The lowest BCUT2D eigenvalue weighted by Crippen LogP contribution is -2.50. The van der Waals surface area contributed by atoms with Crippen molar-refractivity contribution in [3.63, 3.8) is 0 Å². The minimum absolute atomic E-state index is 0.0163. The van der Waals surface area contributed by atoms with Crippen molar-refractivity contribution in [2.45, 2.75) is 45.3 Å². The minimum Gasteiger partial charge on any atom is -0.491 e. The highest BCUT2D eigenvalue weighted by atomic mass is 32.1. The van der Waals surface area contributed by atoms with Crippen molar-refractivity contribution in [2.24, 2.45) is 5.92 Å². The fourth-order valence-corrected chi connectivity index (χ4v) is 5.42. The Labute approximate surface area is 198 Å². The molecule has 1 aromatic carbocycles. The second-order valence-electron chi connectivity index (χ2n) is 8.93. The third-order valence-corrected chi connectivity index (χ3v) is 7.20. The highest BCUT2D eigenvalue weighted by molar-refractivity contribution is 7.10. The van der Waals surface area contributed by atoms with Crippen LogP contribution in [0.2, 0.25) is 0 Å². The van der Waals surface area contributed by atoms with Crippen LogP contribution in [0.5, 0.6) is 5.75 Å². The van der Waals surface area contributed by atoms with Crippen LogP contribution < -0.4 is 4.74 Å². The van der Waals surface area contributed by atoms with Gasteiger partial charge in [0.15, 0.2) is 0 Å². The maximum atomic E-state index is 13.6. The number of fused-ring (bicyclic) bond motifs is 1. The van der Waals surface area contributed by atoms with Crippen LogP contribution in [0, 0.1) is 11.7 Å². The van der Waals surface area contributed by atoms with Crippen molar-refractivity contribution in [3.8, 4) is 5.75 Å². The second-order valence-corrected chi connectivity index (χ2v) is 9.93. The van der Waals surface area contributed by atoms with Crippen LogP contribution in [-0.2, 0) is 20.7 Å². The van der Waals surface area contributed by atoms with Gasteiger partial charge in [0, 0.05) is 36.6 Å². The van der Waals surface area contributed by atoms with Crippen LogP contribution in [0.25, 0.3) is 0 Å². The second kappa shape index (κ2) is 10.7. The van der Waals surface area contributed by atoms with Gasteiger partial charge in [0.05, 0.1) is 18.7 Å². The number of nitrogens with zero attached hydrogens (tertiary/aromatic N) is 2. The largest absolute Gasteiger partial charge is 0.491 e. The zero-order valence-corrected chi connectivity index (χ0v) is 20.0. The van der Waals surface area contributed by atoms with Crippen molar-refractivity contribution < 1.29 is 23.5 Å². The molecule has 178 valence electrons. The summed E-state index contributed by atoms with van der Waals surface area (Å²) in [4.78, 5) is 31.1. The number of hydrogen-bond acceptors (Lipinski definition) is 5. The van der Waals surface area contributed by atoms with Crippen molar-refractivity contribution in [1.82, 2.24) is 9.80 Å². The molecule has 0 bridgehead atoms.